The normalized spacial score (nSPS) is 12.2. The Labute approximate surface area is 213 Å². The molecule has 0 bridgehead atoms. The number of nitrogens with zero attached hydrogens (tertiary/aromatic N) is 3. The van der Waals surface area contributed by atoms with Crippen LogP contribution < -0.4 is 16.0 Å². The number of aromatic nitrogens is 3. The van der Waals surface area contributed by atoms with Crippen molar-refractivity contribution in [2.75, 3.05) is 6.61 Å². The highest BCUT2D eigenvalue weighted by Gasteiger charge is 2.35. The fraction of sp³-hybridized carbons (Fsp3) is 0.308. The Morgan fingerprint density at radius 1 is 1.05 bits per heavy atom. The minimum Gasteiger partial charge on any atom is -0.486 e. The summed E-state index contributed by atoms with van der Waals surface area (Å²) in [5, 5.41) is 0.632. The van der Waals surface area contributed by atoms with Gasteiger partial charge in [-0.25, -0.2) is 9.36 Å². The molecule has 4 rings (SSSR count). The van der Waals surface area contributed by atoms with Crippen LogP contribution in [0, 0.1) is 12.3 Å². The van der Waals surface area contributed by atoms with Crippen LogP contribution in [0.5, 0.6) is 5.75 Å². The summed E-state index contributed by atoms with van der Waals surface area (Å²) >= 11 is 1.21. The number of hydrogen-bond acceptors (Lipinski definition) is 6. The maximum absolute atomic E-state index is 13.2. The second-order valence-electron chi connectivity index (χ2n) is 9.70. The van der Waals surface area contributed by atoms with Gasteiger partial charge in [0, 0.05) is 29.5 Å². The maximum Gasteiger partial charge on any atom is 0.431 e. The maximum atomic E-state index is 13.2. The van der Waals surface area contributed by atoms with E-state index in [9.17, 15) is 27.6 Å². The third kappa shape index (κ3) is 5.08. The van der Waals surface area contributed by atoms with Crippen molar-refractivity contribution in [2.45, 2.75) is 33.9 Å². The Kier molecular flexibility index (Phi) is 6.61. The molecule has 2 aromatic carbocycles. The van der Waals surface area contributed by atoms with E-state index in [0.717, 1.165) is 22.9 Å². The van der Waals surface area contributed by atoms with Gasteiger partial charge in [-0.1, -0.05) is 20.8 Å². The van der Waals surface area contributed by atoms with Crippen LogP contribution in [0.1, 0.15) is 32.0 Å². The number of rotatable bonds is 5. The summed E-state index contributed by atoms with van der Waals surface area (Å²) in [6, 6.07) is 10.5. The summed E-state index contributed by atoms with van der Waals surface area (Å²) in [6.07, 6.45) is -4.84. The second kappa shape index (κ2) is 9.29. The van der Waals surface area contributed by atoms with Gasteiger partial charge in [-0.3, -0.25) is 14.2 Å². The van der Waals surface area contributed by atoms with Crippen LogP contribution in [0.4, 0.5) is 13.2 Å². The number of fused-ring (bicyclic) bond motifs is 1. The molecule has 0 aliphatic rings. The van der Waals surface area contributed by atoms with E-state index in [1.165, 1.54) is 17.6 Å². The molecule has 2 aromatic heterocycles. The van der Waals surface area contributed by atoms with Crippen molar-refractivity contribution in [2.24, 2.45) is 12.5 Å². The largest absolute Gasteiger partial charge is 0.486 e. The van der Waals surface area contributed by atoms with Crippen LogP contribution in [-0.2, 0) is 18.0 Å². The summed E-state index contributed by atoms with van der Waals surface area (Å²) < 4.78 is 51.7. The van der Waals surface area contributed by atoms with Gasteiger partial charge in [0.15, 0.2) is 5.78 Å². The highest BCUT2D eigenvalue weighted by molar-refractivity contribution is 7.13. The fourth-order valence-electron chi connectivity index (χ4n) is 3.73. The molecule has 4 aromatic rings. The van der Waals surface area contributed by atoms with Gasteiger partial charge in [0.1, 0.15) is 18.1 Å². The molecule has 37 heavy (non-hydrogen) atoms. The van der Waals surface area contributed by atoms with Gasteiger partial charge < -0.3 is 4.74 Å². The number of Topliss-reactive ketones (excluding diaryl/α,β-unsaturated/α-hetero) is 1. The first kappa shape index (κ1) is 26.3. The third-order valence-electron chi connectivity index (χ3n) is 5.97. The molecule has 11 heteroatoms. The van der Waals surface area contributed by atoms with Gasteiger partial charge in [0.2, 0.25) is 0 Å². The van der Waals surface area contributed by atoms with Crippen molar-refractivity contribution in [1.82, 2.24) is 13.5 Å². The summed E-state index contributed by atoms with van der Waals surface area (Å²) in [7, 11) is 0.971. The monoisotopic (exact) mass is 531 g/mol. The number of alkyl halides is 3. The third-order valence-corrected chi connectivity index (χ3v) is 6.79. The first-order valence-corrected chi connectivity index (χ1v) is 12.0. The number of ketones is 1. The van der Waals surface area contributed by atoms with Crippen LogP contribution in [-0.4, -0.2) is 25.9 Å². The molecule has 7 nitrogen and oxygen atoms in total. The molecule has 2 heterocycles. The lowest BCUT2D eigenvalue weighted by atomic mass is 9.91. The van der Waals surface area contributed by atoms with Crippen LogP contribution in [0.15, 0.2) is 52.1 Å². The van der Waals surface area contributed by atoms with Crippen molar-refractivity contribution in [1.29, 1.82) is 0 Å². The highest BCUT2D eigenvalue weighted by atomic mass is 32.1. The molecule has 0 spiro atoms. The number of aryl methyl sites for hydroxylation is 1. The fourth-order valence-corrected chi connectivity index (χ4v) is 4.50. The number of carbonyl (C=O) groups is 1. The topological polar surface area (TPSA) is 83.2 Å². The number of ether oxygens (including phenoxy) is 1. The highest BCUT2D eigenvalue weighted by Crippen LogP contribution is 2.34. The Morgan fingerprint density at radius 2 is 1.76 bits per heavy atom. The lowest BCUT2D eigenvalue weighted by molar-refractivity contribution is -0.144. The minimum atomic E-state index is -4.84. The number of halogens is 3. The second-order valence-corrected chi connectivity index (χ2v) is 10.5. The molecule has 0 aliphatic carbocycles. The zero-order valence-corrected chi connectivity index (χ0v) is 21.6. The standard InChI is InChI=1S/C26H24F3N3O4S/c1-14-10-15(6-8-18(14)36-13-21(33)25(2,3)4)23-17-11-16(7-9-19(17)37-30-23)32-22(34)12-20(26(27,28)29)31(5)24(32)35/h6-12H,13H2,1-5H3. The molecule has 0 N–H and O–H groups in total. The molecule has 0 fully saturated rings. The number of hydrogen-bond donors (Lipinski definition) is 0. The predicted octanol–water partition coefficient (Wildman–Crippen LogP) is 5.13. The van der Waals surface area contributed by atoms with Crippen molar-refractivity contribution in [3.8, 4) is 22.7 Å². The van der Waals surface area contributed by atoms with E-state index in [1.807, 2.05) is 33.8 Å². The number of carbonyl (C=O) groups excluding carboxylic acids is 1. The van der Waals surface area contributed by atoms with E-state index in [1.54, 1.807) is 24.3 Å². The van der Waals surface area contributed by atoms with E-state index < -0.39 is 28.5 Å². The minimum absolute atomic E-state index is 0.0290. The van der Waals surface area contributed by atoms with Gasteiger partial charge >= 0.3 is 11.9 Å². The molecule has 0 saturated carbocycles. The van der Waals surface area contributed by atoms with Crippen LogP contribution in [0.25, 0.3) is 27.0 Å². The Morgan fingerprint density at radius 3 is 2.38 bits per heavy atom. The molecular weight excluding hydrogens is 507 g/mol. The first-order valence-electron chi connectivity index (χ1n) is 11.3. The van der Waals surface area contributed by atoms with Gasteiger partial charge in [-0.2, -0.15) is 17.5 Å². The lowest BCUT2D eigenvalue weighted by Crippen LogP contribution is -2.40. The van der Waals surface area contributed by atoms with Crippen molar-refractivity contribution >= 4 is 27.4 Å². The molecular formula is C26H24F3N3O4S. The first-order chi connectivity index (χ1) is 17.2. The van der Waals surface area contributed by atoms with Crippen LogP contribution in [0.2, 0.25) is 0 Å². The molecule has 0 saturated heterocycles. The predicted molar refractivity (Wildman–Crippen MR) is 136 cm³/mol. The summed E-state index contributed by atoms with van der Waals surface area (Å²) in [4.78, 5) is 37.5. The van der Waals surface area contributed by atoms with E-state index in [2.05, 4.69) is 4.37 Å². The Bertz CT molecular complexity index is 1640. The quantitative estimate of drug-likeness (QED) is 0.356. The van der Waals surface area contributed by atoms with Crippen molar-refractivity contribution in [3.05, 3.63) is 74.6 Å². The molecule has 0 radical (unpaired) electrons. The van der Waals surface area contributed by atoms with E-state index >= 15 is 0 Å². The summed E-state index contributed by atoms with van der Waals surface area (Å²) in [6.45, 7) is 7.26. The SMILES string of the molecule is Cc1cc(-c2nsc3ccc(-n4c(=O)cc(C(F)(F)F)n(C)c4=O)cc23)ccc1OCC(=O)C(C)(C)C. The number of benzene rings is 2. The average molecular weight is 532 g/mol. The molecule has 0 atom stereocenters. The Hall–Kier alpha value is -3.73. The Balaban J connectivity index is 1.74. The summed E-state index contributed by atoms with van der Waals surface area (Å²) in [5.41, 5.74) is -1.79. The summed E-state index contributed by atoms with van der Waals surface area (Å²) in [5.74, 6) is 0.528. The zero-order valence-electron chi connectivity index (χ0n) is 20.8. The molecule has 0 amide bonds. The zero-order chi connectivity index (χ0) is 27.3. The van der Waals surface area contributed by atoms with E-state index in [0.29, 0.717) is 32.0 Å². The van der Waals surface area contributed by atoms with Gasteiger partial charge in [-0.05, 0) is 60.4 Å². The van der Waals surface area contributed by atoms with Crippen molar-refractivity contribution in [3.63, 3.8) is 0 Å². The lowest BCUT2D eigenvalue weighted by Gasteiger charge is -2.17. The molecule has 0 aliphatic heterocycles. The van der Waals surface area contributed by atoms with Gasteiger partial charge in [0.25, 0.3) is 5.56 Å². The van der Waals surface area contributed by atoms with Crippen LogP contribution >= 0.6 is 11.5 Å². The molecule has 0 unspecified atom stereocenters. The smallest absolute Gasteiger partial charge is 0.431 e. The van der Waals surface area contributed by atoms with Crippen LogP contribution in [0.3, 0.4) is 0 Å². The van der Waals surface area contributed by atoms with Gasteiger partial charge in [-0.15, -0.1) is 0 Å². The molecule has 194 valence electrons. The van der Waals surface area contributed by atoms with Gasteiger partial charge in [0.05, 0.1) is 16.1 Å². The van der Waals surface area contributed by atoms with E-state index in [-0.39, 0.29) is 18.1 Å². The van der Waals surface area contributed by atoms with E-state index in [4.69, 9.17) is 4.74 Å². The van der Waals surface area contributed by atoms with Crippen molar-refractivity contribution < 1.29 is 22.7 Å². The average Bonchev–Trinajstić information content (AvgIpc) is 3.22.